The van der Waals surface area contributed by atoms with Crippen LogP contribution in [-0.2, 0) is 0 Å². The van der Waals surface area contributed by atoms with Crippen molar-refractivity contribution < 1.29 is 4.42 Å². The third-order valence-corrected chi connectivity index (χ3v) is 2.35. The summed E-state index contributed by atoms with van der Waals surface area (Å²) in [5, 5.41) is 3.99. The molecule has 2 rings (SSSR count). The molecule has 0 spiro atoms. The normalized spacial score (nSPS) is 10.0. The molecule has 2 aromatic rings. The van der Waals surface area contributed by atoms with Gasteiger partial charge < -0.3 is 9.73 Å². The Morgan fingerprint density at radius 3 is 3.00 bits per heavy atom. The molecule has 16 heavy (non-hydrogen) atoms. The van der Waals surface area contributed by atoms with E-state index in [1.807, 2.05) is 19.1 Å². The molecule has 0 unspecified atom stereocenters. The molecule has 0 atom stereocenters. The zero-order valence-corrected chi connectivity index (χ0v) is 8.91. The van der Waals surface area contributed by atoms with Crippen molar-refractivity contribution in [1.29, 1.82) is 0 Å². The van der Waals surface area contributed by atoms with Crippen molar-refractivity contribution in [2.24, 2.45) is 0 Å². The number of hydrogen-bond donors (Lipinski definition) is 1. The van der Waals surface area contributed by atoms with Crippen LogP contribution in [0.4, 0.5) is 5.69 Å². The standard InChI is InChI=1S/C13H11NO2/c1-3-6-14-11-8-10-4-5-13(15)16-12(10)7-9(11)2/h1,4-5,7-8,14H,6H2,2H3. The van der Waals surface area contributed by atoms with Crippen LogP contribution < -0.4 is 10.9 Å². The molecule has 80 valence electrons. The van der Waals surface area contributed by atoms with Crippen LogP contribution in [0.15, 0.2) is 33.5 Å². The van der Waals surface area contributed by atoms with Gasteiger partial charge in [0.15, 0.2) is 0 Å². The predicted molar refractivity (Wildman–Crippen MR) is 64.5 cm³/mol. The Bertz CT molecular complexity index is 620. The highest BCUT2D eigenvalue weighted by molar-refractivity contribution is 5.82. The summed E-state index contributed by atoms with van der Waals surface area (Å²) >= 11 is 0. The van der Waals surface area contributed by atoms with Gasteiger partial charge in [-0.05, 0) is 30.7 Å². The first-order valence-electron chi connectivity index (χ1n) is 4.92. The highest BCUT2D eigenvalue weighted by Gasteiger charge is 2.02. The fourth-order valence-electron chi connectivity index (χ4n) is 1.55. The van der Waals surface area contributed by atoms with Crippen molar-refractivity contribution in [1.82, 2.24) is 0 Å². The summed E-state index contributed by atoms with van der Waals surface area (Å²) in [6.45, 7) is 2.41. The first kappa shape index (κ1) is 10.3. The van der Waals surface area contributed by atoms with Gasteiger partial charge in [-0.25, -0.2) is 4.79 Å². The van der Waals surface area contributed by atoms with E-state index in [4.69, 9.17) is 10.8 Å². The van der Waals surface area contributed by atoms with Crippen LogP contribution in [0.3, 0.4) is 0 Å². The summed E-state index contributed by atoms with van der Waals surface area (Å²) in [6.07, 6.45) is 5.19. The molecule has 0 radical (unpaired) electrons. The monoisotopic (exact) mass is 213 g/mol. The van der Waals surface area contributed by atoms with Gasteiger partial charge in [-0.3, -0.25) is 0 Å². The second kappa shape index (κ2) is 4.11. The maximum Gasteiger partial charge on any atom is 0.336 e. The highest BCUT2D eigenvalue weighted by Crippen LogP contribution is 2.22. The molecular formula is C13H11NO2. The summed E-state index contributed by atoms with van der Waals surface area (Å²) in [6, 6.07) is 6.89. The van der Waals surface area contributed by atoms with Crippen molar-refractivity contribution in [3.63, 3.8) is 0 Å². The SMILES string of the molecule is C#CCNc1cc2ccc(=O)oc2cc1C. The van der Waals surface area contributed by atoms with E-state index in [1.165, 1.54) is 6.07 Å². The van der Waals surface area contributed by atoms with E-state index in [1.54, 1.807) is 6.07 Å². The lowest BCUT2D eigenvalue weighted by Gasteiger charge is -2.07. The topological polar surface area (TPSA) is 42.2 Å². The van der Waals surface area contributed by atoms with Crippen molar-refractivity contribution in [2.45, 2.75) is 6.92 Å². The van der Waals surface area contributed by atoms with Crippen molar-refractivity contribution >= 4 is 16.7 Å². The van der Waals surface area contributed by atoms with Gasteiger partial charge in [0.25, 0.3) is 0 Å². The number of aryl methyl sites for hydroxylation is 1. The van der Waals surface area contributed by atoms with Crippen LogP contribution in [0.5, 0.6) is 0 Å². The summed E-state index contributed by atoms with van der Waals surface area (Å²) in [5.41, 5.74) is 2.21. The van der Waals surface area contributed by atoms with Crippen molar-refractivity contribution in [3.05, 3.63) is 40.2 Å². The third-order valence-electron chi connectivity index (χ3n) is 2.35. The molecule has 0 saturated heterocycles. The van der Waals surface area contributed by atoms with Gasteiger partial charge in [0.05, 0.1) is 6.54 Å². The minimum Gasteiger partial charge on any atom is -0.423 e. The molecule has 0 aliphatic rings. The minimum absolute atomic E-state index is 0.337. The molecule has 0 aliphatic carbocycles. The molecule has 1 aromatic heterocycles. The van der Waals surface area contributed by atoms with Crippen LogP contribution in [0, 0.1) is 19.3 Å². The number of fused-ring (bicyclic) bond motifs is 1. The van der Waals surface area contributed by atoms with E-state index in [0.29, 0.717) is 12.1 Å². The largest absolute Gasteiger partial charge is 0.423 e. The Hall–Kier alpha value is -2.21. The Morgan fingerprint density at radius 2 is 2.25 bits per heavy atom. The fourth-order valence-corrected chi connectivity index (χ4v) is 1.55. The molecule has 0 aliphatic heterocycles. The number of anilines is 1. The van der Waals surface area contributed by atoms with E-state index in [2.05, 4.69) is 11.2 Å². The molecule has 0 fully saturated rings. The Balaban J connectivity index is 2.54. The van der Waals surface area contributed by atoms with E-state index in [9.17, 15) is 4.79 Å². The lowest BCUT2D eigenvalue weighted by Crippen LogP contribution is -2.01. The van der Waals surface area contributed by atoms with Crippen LogP contribution in [-0.4, -0.2) is 6.54 Å². The van der Waals surface area contributed by atoms with Gasteiger partial charge in [-0.1, -0.05) is 5.92 Å². The first-order valence-corrected chi connectivity index (χ1v) is 4.92. The molecule has 1 heterocycles. The Labute approximate surface area is 93.1 Å². The molecule has 3 heteroatoms. The summed E-state index contributed by atoms with van der Waals surface area (Å²) in [7, 11) is 0. The fraction of sp³-hybridized carbons (Fsp3) is 0.154. The van der Waals surface area contributed by atoms with Gasteiger partial charge in [-0.15, -0.1) is 6.42 Å². The second-order valence-electron chi connectivity index (χ2n) is 3.52. The quantitative estimate of drug-likeness (QED) is 0.614. The number of rotatable bonds is 2. The average molecular weight is 213 g/mol. The maximum absolute atomic E-state index is 11.0. The van der Waals surface area contributed by atoms with E-state index in [0.717, 1.165) is 16.6 Å². The lowest BCUT2D eigenvalue weighted by atomic mass is 10.1. The van der Waals surface area contributed by atoms with E-state index >= 15 is 0 Å². The van der Waals surface area contributed by atoms with Gasteiger partial charge in [0, 0.05) is 17.1 Å². The molecule has 0 bridgehead atoms. The first-order chi connectivity index (χ1) is 7.70. The van der Waals surface area contributed by atoms with Gasteiger partial charge in [-0.2, -0.15) is 0 Å². The number of benzene rings is 1. The average Bonchev–Trinajstić information content (AvgIpc) is 2.26. The van der Waals surface area contributed by atoms with Crippen molar-refractivity contribution in [3.8, 4) is 12.3 Å². The molecule has 1 N–H and O–H groups in total. The second-order valence-corrected chi connectivity index (χ2v) is 3.52. The minimum atomic E-state index is -0.337. The molecule has 0 amide bonds. The molecule has 0 saturated carbocycles. The molecule has 3 nitrogen and oxygen atoms in total. The zero-order chi connectivity index (χ0) is 11.5. The van der Waals surface area contributed by atoms with Gasteiger partial charge in [0.1, 0.15) is 5.58 Å². The summed E-state index contributed by atoms with van der Waals surface area (Å²) in [5.74, 6) is 2.52. The summed E-state index contributed by atoms with van der Waals surface area (Å²) < 4.78 is 5.08. The number of nitrogens with one attached hydrogen (secondary N) is 1. The van der Waals surface area contributed by atoms with E-state index < -0.39 is 0 Å². The van der Waals surface area contributed by atoms with Crippen LogP contribution >= 0.6 is 0 Å². The molecular weight excluding hydrogens is 202 g/mol. The van der Waals surface area contributed by atoms with E-state index in [-0.39, 0.29) is 5.63 Å². The summed E-state index contributed by atoms with van der Waals surface area (Å²) in [4.78, 5) is 11.0. The van der Waals surface area contributed by atoms with Crippen LogP contribution in [0.1, 0.15) is 5.56 Å². The van der Waals surface area contributed by atoms with Gasteiger partial charge in [0.2, 0.25) is 0 Å². The predicted octanol–water partition coefficient (Wildman–Crippen LogP) is 2.15. The van der Waals surface area contributed by atoms with Crippen LogP contribution in [0.2, 0.25) is 0 Å². The number of terminal acetylenes is 1. The maximum atomic E-state index is 11.0. The Morgan fingerprint density at radius 1 is 1.44 bits per heavy atom. The van der Waals surface area contributed by atoms with Crippen molar-refractivity contribution in [2.75, 3.05) is 11.9 Å². The highest BCUT2D eigenvalue weighted by atomic mass is 16.4. The van der Waals surface area contributed by atoms with Gasteiger partial charge >= 0.3 is 5.63 Å². The van der Waals surface area contributed by atoms with Crippen LogP contribution in [0.25, 0.3) is 11.0 Å². The third kappa shape index (κ3) is 1.91. The number of hydrogen-bond acceptors (Lipinski definition) is 3. The molecule has 1 aromatic carbocycles. The Kier molecular flexibility index (Phi) is 2.65. The zero-order valence-electron chi connectivity index (χ0n) is 8.91. The smallest absolute Gasteiger partial charge is 0.336 e. The lowest BCUT2D eigenvalue weighted by molar-refractivity contribution is 0.561.